The fraction of sp³-hybridized carbons (Fsp3) is 0.320. The van der Waals surface area contributed by atoms with Gasteiger partial charge in [0.15, 0.2) is 21.6 Å². The van der Waals surface area contributed by atoms with Crippen LogP contribution in [0.25, 0.3) is 0 Å². The number of piperazine rings is 1. The highest BCUT2D eigenvalue weighted by molar-refractivity contribution is 8.01. The number of hydrogen-bond acceptors (Lipinski definition) is 8. The molecule has 3 heterocycles. The van der Waals surface area contributed by atoms with Crippen molar-refractivity contribution < 1.29 is 19.1 Å². The highest BCUT2D eigenvalue weighted by atomic mass is 32.2. The molecule has 3 aromatic rings. The summed E-state index contributed by atoms with van der Waals surface area (Å²) in [6.45, 7) is 5.36. The summed E-state index contributed by atoms with van der Waals surface area (Å²) in [5.74, 6) is 1.65. The van der Waals surface area contributed by atoms with Gasteiger partial charge in [0.2, 0.25) is 12.7 Å². The lowest BCUT2D eigenvalue weighted by Crippen LogP contribution is -2.49. The Balaban J connectivity index is 1.10. The number of thioether (sulfide) groups is 1. The zero-order valence-corrected chi connectivity index (χ0v) is 20.5. The van der Waals surface area contributed by atoms with Gasteiger partial charge in [0.25, 0.3) is 0 Å². The number of carbonyl (C=O) groups is 2. The predicted molar refractivity (Wildman–Crippen MR) is 133 cm³/mol. The Bertz CT molecular complexity index is 1200. The van der Waals surface area contributed by atoms with Crippen molar-refractivity contribution >= 4 is 40.5 Å². The monoisotopic (exact) mass is 495 g/mol. The van der Waals surface area contributed by atoms with Crippen LogP contribution in [0.3, 0.4) is 0 Å². The molecule has 9 heteroatoms. The second-order valence-corrected chi connectivity index (χ2v) is 10.3. The topological polar surface area (TPSA) is 72.0 Å². The number of aryl methyl sites for hydroxylation is 1. The van der Waals surface area contributed by atoms with Gasteiger partial charge in [-0.2, -0.15) is 0 Å². The minimum atomic E-state index is 0.00241. The molecule has 0 unspecified atom stereocenters. The molecule has 1 aromatic heterocycles. The first-order valence-electron chi connectivity index (χ1n) is 11.1. The van der Waals surface area contributed by atoms with Crippen LogP contribution in [0.2, 0.25) is 0 Å². The fourth-order valence-corrected chi connectivity index (χ4v) is 5.76. The van der Waals surface area contributed by atoms with Crippen molar-refractivity contribution in [2.24, 2.45) is 0 Å². The molecule has 176 valence electrons. The van der Waals surface area contributed by atoms with Crippen LogP contribution in [-0.4, -0.2) is 60.3 Å². The SMILES string of the molecule is Cc1cccc(N2CCN(C(=O)Cc3csc(SCC(=O)c4ccc5c(c4)OCO5)n3)CC2)c1. The average Bonchev–Trinajstić information content (AvgIpc) is 3.51. The van der Waals surface area contributed by atoms with E-state index >= 15 is 0 Å². The maximum Gasteiger partial charge on any atom is 0.231 e. The van der Waals surface area contributed by atoms with Crippen LogP contribution in [0, 0.1) is 6.92 Å². The van der Waals surface area contributed by atoms with E-state index in [4.69, 9.17) is 9.47 Å². The molecule has 2 aliphatic rings. The Labute approximate surface area is 206 Å². The van der Waals surface area contributed by atoms with Crippen molar-refractivity contribution in [3.8, 4) is 11.5 Å². The van der Waals surface area contributed by atoms with Gasteiger partial charge in [-0.05, 0) is 42.8 Å². The molecule has 0 saturated carbocycles. The Hall–Kier alpha value is -3.04. The van der Waals surface area contributed by atoms with Gasteiger partial charge in [0.1, 0.15) is 0 Å². The van der Waals surface area contributed by atoms with E-state index in [-0.39, 0.29) is 30.7 Å². The second-order valence-electron chi connectivity index (χ2n) is 8.27. The normalized spacial score (nSPS) is 15.0. The molecule has 2 aromatic carbocycles. The summed E-state index contributed by atoms with van der Waals surface area (Å²) in [6.07, 6.45) is 0.289. The number of rotatable bonds is 7. The lowest BCUT2D eigenvalue weighted by molar-refractivity contribution is -0.130. The molecular weight excluding hydrogens is 470 g/mol. The third-order valence-electron chi connectivity index (χ3n) is 5.88. The van der Waals surface area contributed by atoms with Crippen LogP contribution < -0.4 is 14.4 Å². The van der Waals surface area contributed by atoms with Crippen molar-refractivity contribution in [2.45, 2.75) is 17.7 Å². The average molecular weight is 496 g/mol. The van der Waals surface area contributed by atoms with Crippen LogP contribution in [0.1, 0.15) is 21.6 Å². The third-order valence-corrected chi connectivity index (χ3v) is 7.95. The number of ether oxygens (including phenoxy) is 2. The lowest BCUT2D eigenvalue weighted by atomic mass is 10.1. The predicted octanol–water partition coefficient (Wildman–Crippen LogP) is 4.05. The van der Waals surface area contributed by atoms with E-state index in [0.29, 0.717) is 30.2 Å². The molecule has 7 nitrogen and oxygen atoms in total. The molecule has 0 N–H and O–H groups in total. The van der Waals surface area contributed by atoms with Crippen molar-refractivity contribution in [3.63, 3.8) is 0 Å². The fourth-order valence-electron chi connectivity index (χ4n) is 4.02. The Morgan fingerprint density at radius 1 is 1.06 bits per heavy atom. The molecule has 0 radical (unpaired) electrons. The van der Waals surface area contributed by atoms with Gasteiger partial charge >= 0.3 is 0 Å². The number of carbonyl (C=O) groups excluding carboxylic acids is 2. The molecule has 1 fully saturated rings. The van der Waals surface area contributed by atoms with E-state index < -0.39 is 0 Å². The Kier molecular flexibility index (Phi) is 6.73. The smallest absolute Gasteiger partial charge is 0.231 e. The van der Waals surface area contributed by atoms with Crippen molar-refractivity contribution in [3.05, 3.63) is 64.7 Å². The van der Waals surface area contributed by atoms with Gasteiger partial charge in [-0.25, -0.2) is 4.98 Å². The van der Waals surface area contributed by atoms with Crippen LogP contribution in [0.4, 0.5) is 5.69 Å². The third kappa shape index (κ3) is 5.20. The zero-order valence-electron chi connectivity index (χ0n) is 18.9. The highest BCUT2D eigenvalue weighted by Gasteiger charge is 2.22. The number of thiazole rings is 1. The minimum absolute atomic E-state index is 0.00241. The summed E-state index contributed by atoms with van der Waals surface area (Å²) in [7, 11) is 0. The summed E-state index contributed by atoms with van der Waals surface area (Å²) in [5, 5.41) is 1.91. The first-order chi connectivity index (χ1) is 16.5. The van der Waals surface area contributed by atoms with E-state index in [9.17, 15) is 9.59 Å². The minimum Gasteiger partial charge on any atom is -0.454 e. The van der Waals surface area contributed by atoms with Gasteiger partial charge in [-0.3, -0.25) is 9.59 Å². The molecule has 1 amide bonds. The van der Waals surface area contributed by atoms with Gasteiger partial charge in [-0.1, -0.05) is 23.9 Å². The number of aromatic nitrogens is 1. The van der Waals surface area contributed by atoms with Crippen molar-refractivity contribution in [2.75, 3.05) is 43.6 Å². The van der Waals surface area contributed by atoms with Crippen LogP contribution in [0.5, 0.6) is 11.5 Å². The van der Waals surface area contributed by atoms with Crippen LogP contribution in [-0.2, 0) is 11.2 Å². The van der Waals surface area contributed by atoms with Crippen LogP contribution in [0.15, 0.2) is 52.2 Å². The van der Waals surface area contributed by atoms with Gasteiger partial charge in [-0.15, -0.1) is 11.3 Å². The number of benzene rings is 2. The van der Waals surface area contributed by atoms with Gasteiger partial charge in [0, 0.05) is 42.8 Å². The molecule has 0 atom stereocenters. The van der Waals surface area contributed by atoms with Gasteiger partial charge in [0.05, 0.1) is 17.9 Å². The summed E-state index contributed by atoms with van der Waals surface area (Å²) in [6, 6.07) is 13.7. The first kappa shape index (κ1) is 22.7. The Morgan fingerprint density at radius 2 is 1.88 bits per heavy atom. The zero-order chi connectivity index (χ0) is 23.5. The lowest BCUT2D eigenvalue weighted by Gasteiger charge is -2.36. The Morgan fingerprint density at radius 3 is 2.71 bits per heavy atom. The van der Waals surface area contributed by atoms with E-state index in [2.05, 4.69) is 41.1 Å². The number of anilines is 1. The second kappa shape index (κ2) is 10.1. The van der Waals surface area contributed by atoms with E-state index in [1.54, 1.807) is 18.2 Å². The van der Waals surface area contributed by atoms with Crippen molar-refractivity contribution in [1.82, 2.24) is 9.88 Å². The van der Waals surface area contributed by atoms with E-state index in [1.807, 2.05) is 10.3 Å². The number of fused-ring (bicyclic) bond motifs is 1. The molecule has 0 bridgehead atoms. The number of ketones is 1. The van der Waals surface area contributed by atoms with Crippen LogP contribution >= 0.6 is 23.1 Å². The number of amides is 1. The van der Waals surface area contributed by atoms with E-state index in [0.717, 1.165) is 23.1 Å². The molecule has 1 saturated heterocycles. The maximum absolute atomic E-state index is 12.8. The molecule has 5 rings (SSSR count). The summed E-state index contributed by atoms with van der Waals surface area (Å²) >= 11 is 2.86. The number of hydrogen-bond donors (Lipinski definition) is 0. The largest absolute Gasteiger partial charge is 0.454 e. The van der Waals surface area contributed by atoms with Gasteiger partial charge < -0.3 is 19.3 Å². The molecule has 2 aliphatic heterocycles. The highest BCUT2D eigenvalue weighted by Crippen LogP contribution is 2.33. The summed E-state index contributed by atoms with van der Waals surface area (Å²) in [4.78, 5) is 34.2. The quantitative estimate of drug-likeness (QED) is 0.362. The molecular formula is C25H25N3O4S2. The summed E-state index contributed by atoms with van der Waals surface area (Å²) in [5.41, 5.74) is 3.80. The summed E-state index contributed by atoms with van der Waals surface area (Å²) < 4.78 is 11.4. The first-order valence-corrected chi connectivity index (χ1v) is 13.0. The standard InChI is InChI=1S/C25H25N3O4S2/c1-17-3-2-4-20(11-17)27-7-9-28(10-8-27)24(30)13-19-14-33-25(26-19)34-15-21(29)18-5-6-22-23(12-18)32-16-31-22/h2-6,11-12,14H,7-10,13,15-16H2,1H3. The van der Waals surface area contributed by atoms with E-state index in [1.165, 1.54) is 34.3 Å². The number of nitrogens with zero attached hydrogens (tertiary/aromatic N) is 3. The van der Waals surface area contributed by atoms with Crippen molar-refractivity contribution in [1.29, 1.82) is 0 Å². The molecule has 34 heavy (non-hydrogen) atoms. The maximum atomic E-state index is 12.8. The molecule has 0 spiro atoms. The molecule has 0 aliphatic carbocycles. The number of Topliss-reactive ketones (excluding diaryl/α,β-unsaturated/α-hetero) is 1.